The van der Waals surface area contributed by atoms with Gasteiger partial charge in [-0.2, -0.15) is 0 Å². The number of aliphatic carboxylic acids is 1. The second-order valence-corrected chi connectivity index (χ2v) is 10.9. The van der Waals surface area contributed by atoms with E-state index in [-0.39, 0.29) is 38.9 Å². The molecule has 0 saturated carbocycles. The van der Waals surface area contributed by atoms with Crippen LogP contribution in [0.25, 0.3) is 5.52 Å². The molecule has 5 rings (SSSR count). The number of aryl methyl sites for hydroxylation is 1. The number of thiazole rings is 1. The molecule has 0 unspecified atom stereocenters. The van der Waals surface area contributed by atoms with Gasteiger partial charge in [-0.25, -0.2) is 4.98 Å². The molecular formula is C21H19ClN8O5S2. The van der Waals surface area contributed by atoms with E-state index in [1.807, 2.05) is 19.1 Å². The Bertz CT molecular complexity index is 1520. The first-order valence-electron chi connectivity index (χ1n) is 10.8. The van der Waals surface area contributed by atoms with E-state index in [0.29, 0.717) is 5.57 Å². The molecule has 0 radical (unpaired) electrons. The lowest BCUT2D eigenvalue weighted by molar-refractivity contribution is -0.746. The van der Waals surface area contributed by atoms with Gasteiger partial charge in [-0.15, -0.1) is 21.0 Å². The number of hydrogen-bond donors (Lipinski definition) is 2. The van der Waals surface area contributed by atoms with Crippen LogP contribution in [0.2, 0.25) is 4.34 Å². The Balaban J connectivity index is 1.37. The average Bonchev–Trinajstić information content (AvgIpc) is 3.40. The number of carbonyl (C=O) groups excluding carboxylic acids is 3. The molecular weight excluding hydrogens is 544 g/mol. The van der Waals surface area contributed by atoms with Crippen LogP contribution in [0.3, 0.4) is 0 Å². The van der Waals surface area contributed by atoms with Crippen LogP contribution in [0, 0.1) is 6.92 Å². The zero-order valence-electron chi connectivity index (χ0n) is 19.4. The van der Waals surface area contributed by atoms with Crippen molar-refractivity contribution in [3.63, 3.8) is 0 Å². The van der Waals surface area contributed by atoms with Crippen molar-refractivity contribution in [2.45, 2.75) is 24.9 Å². The molecule has 2 aliphatic rings. The van der Waals surface area contributed by atoms with Crippen LogP contribution in [0.1, 0.15) is 11.3 Å². The maximum Gasteiger partial charge on any atom is 0.276 e. The maximum absolute atomic E-state index is 13.0. The van der Waals surface area contributed by atoms with E-state index in [1.165, 1.54) is 18.9 Å². The molecule has 3 N–H and O–H groups in total. The molecule has 0 aliphatic carbocycles. The first kappa shape index (κ1) is 25.0. The number of hydrogen-bond acceptors (Lipinski definition) is 11. The van der Waals surface area contributed by atoms with Gasteiger partial charge in [0.05, 0.1) is 16.9 Å². The van der Waals surface area contributed by atoms with Crippen LogP contribution in [-0.4, -0.2) is 67.4 Å². The minimum atomic E-state index is -1.48. The molecule has 2 aliphatic heterocycles. The molecule has 0 bridgehead atoms. The quantitative estimate of drug-likeness (QED) is 0.160. The van der Waals surface area contributed by atoms with Crippen molar-refractivity contribution in [1.29, 1.82) is 0 Å². The number of halogens is 1. The predicted molar refractivity (Wildman–Crippen MR) is 132 cm³/mol. The Morgan fingerprint density at radius 2 is 2.24 bits per heavy atom. The number of anilines is 1. The smallest absolute Gasteiger partial charge is 0.276 e. The van der Waals surface area contributed by atoms with Gasteiger partial charge in [-0.05, 0) is 24.6 Å². The number of aromatic nitrogens is 4. The van der Waals surface area contributed by atoms with Gasteiger partial charge in [0.2, 0.25) is 0 Å². The summed E-state index contributed by atoms with van der Waals surface area (Å²) in [6.45, 7) is 2.11. The van der Waals surface area contributed by atoms with Gasteiger partial charge in [0, 0.05) is 11.3 Å². The standard InChI is InChI=1S/C21H19ClN8O5S2/c1-9-3-4-29-11(5-9)7-28(27-29)6-10-8-36-19-14(18(32)30(19)15(10)20(33)34)24-17(31)13(26-35-2)12-16(22)37-21(23)25-12/h3-5,7,14,19H,6,8H2,1-2H3,(H3-,23,24,25,31,33,34)/b26-13-/t14-,19+/m1/s1. The molecule has 192 valence electrons. The molecule has 0 spiro atoms. The van der Waals surface area contributed by atoms with Crippen molar-refractivity contribution < 1.29 is 29.0 Å². The van der Waals surface area contributed by atoms with Crippen molar-refractivity contribution in [3.8, 4) is 0 Å². The van der Waals surface area contributed by atoms with Crippen LogP contribution in [0.5, 0.6) is 0 Å². The Hall–Kier alpha value is -3.69. The summed E-state index contributed by atoms with van der Waals surface area (Å²) >= 11 is 8.38. The van der Waals surface area contributed by atoms with E-state index in [0.717, 1.165) is 27.3 Å². The van der Waals surface area contributed by atoms with Gasteiger partial charge in [-0.1, -0.05) is 28.1 Å². The largest absolute Gasteiger partial charge is 0.543 e. The van der Waals surface area contributed by atoms with E-state index < -0.39 is 29.2 Å². The fourth-order valence-electron chi connectivity index (χ4n) is 4.12. The number of rotatable bonds is 7. The van der Waals surface area contributed by atoms with Crippen LogP contribution in [-0.2, 0) is 25.8 Å². The molecule has 2 atom stereocenters. The van der Waals surface area contributed by atoms with Gasteiger partial charge in [-0.3, -0.25) is 14.5 Å². The van der Waals surface area contributed by atoms with Gasteiger partial charge < -0.3 is 25.8 Å². The summed E-state index contributed by atoms with van der Waals surface area (Å²) in [6, 6.07) is 2.85. The van der Waals surface area contributed by atoms with E-state index in [4.69, 9.17) is 22.2 Å². The molecule has 3 aromatic rings. The van der Waals surface area contributed by atoms with Crippen molar-refractivity contribution >= 4 is 68.8 Å². The minimum absolute atomic E-state index is 0.0146. The SMILES string of the molecule is CO/N=C(\C(=O)N[C@@H]1C(=O)N2C(C(=O)[O-])=C(C[n+]3cc4cc(C)ccn4n3)CS[C@@H]12)c1nc(N)sc1Cl. The number of nitrogens with one attached hydrogen (secondary N) is 1. The first-order chi connectivity index (χ1) is 17.7. The van der Waals surface area contributed by atoms with E-state index in [1.54, 1.807) is 21.6 Å². The van der Waals surface area contributed by atoms with E-state index in [9.17, 15) is 19.5 Å². The van der Waals surface area contributed by atoms with Crippen LogP contribution >= 0.6 is 34.7 Å². The molecule has 1 saturated heterocycles. The highest BCUT2D eigenvalue weighted by atomic mass is 35.5. The number of amides is 2. The van der Waals surface area contributed by atoms with Crippen molar-refractivity contribution in [2.24, 2.45) is 5.16 Å². The Morgan fingerprint density at radius 1 is 1.46 bits per heavy atom. The third kappa shape index (κ3) is 4.49. The molecule has 1 fully saturated rings. The normalized spacial score (nSPS) is 19.6. The summed E-state index contributed by atoms with van der Waals surface area (Å²) in [5.74, 6) is -2.56. The van der Waals surface area contributed by atoms with Crippen molar-refractivity contribution in [1.82, 2.24) is 24.9 Å². The molecule has 3 aromatic heterocycles. The predicted octanol–water partition coefficient (Wildman–Crippen LogP) is -0.923. The molecule has 2 amide bonds. The number of β-lactam (4-membered cyclic amide) rings is 1. The number of oxime groups is 1. The zero-order valence-corrected chi connectivity index (χ0v) is 21.8. The molecule has 5 heterocycles. The fourth-order valence-corrected chi connectivity index (χ4v) is 6.39. The summed E-state index contributed by atoms with van der Waals surface area (Å²) in [5, 5.41) is 22.2. The third-order valence-corrected chi connectivity index (χ3v) is 8.14. The minimum Gasteiger partial charge on any atom is -0.543 e. The number of carboxylic acids is 1. The second kappa shape index (κ2) is 9.64. The summed E-state index contributed by atoms with van der Waals surface area (Å²) in [4.78, 5) is 47.9. The highest BCUT2D eigenvalue weighted by Gasteiger charge is 2.53. The monoisotopic (exact) mass is 562 g/mol. The number of nitrogen functional groups attached to an aromatic ring is 1. The Kier molecular flexibility index (Phi) is 6.51. The maximum atomic E-state index is 13.0. The summed E-state index contributed by atoms with van der Waals surface area (Å²) in [6.07, 6.45) is 3.60. The highest BCUT2D eigenvalue weighted by molar-refractivity contribution is 8.00. The van der Waals surface area contributed by atoms with Crippen LogP contribution in [0.15, 0.2) is 41.0 Å². The lowest BCUT2D eigenvalue weighted by atomic mass is 10.0. The molecule has 0 aromatic carbocycles. The van der Waals surface area contributed by atoms with E-state index >= 15 is 0 Å². The van der Waals surface area contributed by atoms with Gasteiger partial charge >= 0.3 is 0 Å². The number of fused-ring (bicyclic) bond motifs is 2. The van der Waals surface area contributed by atoms with E-state index in [2.05, 4.69) is 20.7 Å². The summed E-state index contributed by atoms with van der Waals surface area (Å²) in [7, 11) is 1.24. The van der Waals surface area contributed by atoms with Crippen LogP contribution in [0.4, 0.5) is 5.13 Å². The van der Waals surface area contributed by atoms with Gasteiger partial charge in [0.25, 0.3) is 11.8 Å². The number of thioether (sulfide) groups is 1. The fraction of sp³-hybridized carbons (Fsp3) is 0.286. The number of nitrogens with two attached hydrogens (primary N) is 1. The lowest BCUT2D eigenvalue weighted by Gasteiger charge is -2.50. The van der Waals surface area contributed by atoms with Gasteiger partial charge in [0.1, 0.15) is 41.3 Å². The number of pyridine rings is 1. The molecule has 37 heavy (non-hydrogen) atoms. The third-order valence-electron chi connectivity index (χ3n) is 5.72. The second-order valence-electron chi connectivity index (χ2n) is 8.19. The number of nitrogens with zero attached hydrogens (tertiary/aromatic N) is 6. The summed E-state index contributed by atoms with van der Waals surface area (Å²) in [5.41, 5.74) is 7.56. The average molecular weight is 563 g/mol. The molecule has 16 heteroatoms. The molecule has 13 nitrogen and oxygen atoms in total. The zero-order chi connectivity index (χ0) is 26.4. The number of carbonyl (C=O) groups is 3. The first-order valence-corrected chi connectivity index (χ1v) is 13.0. The van der Waals surface area contributed by atoms with Crippen molar-refractivity contribution in [2.75, 3.05) is 18.6 Å². The Morgan fingerprint density at radius 3 is 2.92 bits per heavy atom. The topological polar surface area (TPSA) is 171 Å². The highest BCUT2D eigenvalue weighted by Crippen LogP contribution is 2.40. The van der Waals surface area contributed by atoms with Crippen molar-refractivity contribution in [3.05, 3.63) is 51.4 Å². The summed E-state index contributed by atoms with van der Waals surface area (Å²) < 4.78 is 3.41. The lowest BCUT2D eigenvalue weighted by Crippen LogP contribution is -2.71. The Labute approximate surface area is 222 Å². The van der Waals surface area contributed by atoms with Gasteiger partial charge in [0.15, 0.2) is 22.6 Å². The van der Waals surface area contributed by atoms with Crippen LogP contribution < -0.4 is 20.8 Å². The number of carboxylic acid groups (broad SMARTS) is 1.